The highest BCUT2D eigenvalue weighted by Crippen LogP contribution is 2.26. The molecular formula is C12H24N2O3S. The zero-order valence-corrected chi connectivity index (χ0v) is 11.7. The van der Waals surface area contributed by atoms with Crippen LogP contribution in [0.3, 0.4) is 0 Å². The number of hydrogen-bond acceptors (Lipinski definition) is 4. The Morgan fingerprint density at radius 3 is 2.61 bits per heavy atom. The van der Waals surface area contributed by atoms with Gasteiger partial charge in [-0.05, 0) is 18.8 Å². The molecule has 6 heteroatoms. The van der Waals surface area contributed by atoms with Gasteiger partial charge in [0.2, 0.25) is 10.0 Å². The van der Waals surface area contributed by atoms with Gasteiger partial charge in [-0.15, -0.1) is 0 Å². The third-order valence-corrected chi connectivity index (χ3v) is 5.94. The van der Waals surface area contributed by atoms with Gasteiger partial charge in [-0.1, -0.05) is 19.3 Å². The Morgan fingerprint density at radius 1 is 1.22 bits per heavy atom. The van der Waals surface area contributed by atoms with Crippen LogP contribution in [0.4, 0.5) is 0 Å². The second kappa shape index (κ2) is 6.32. The van der Waals surface area contributed by atoms with E-state index in [9.17, 15) is 8.42 Å². The number of sulfonamides is 1. The van der Waals surface area contributed by atoms with Crippen molar-refractivity contribution in [3.63, 3.8) is 0 Å². The summed E-state index contributed by atoms with van der Waals surface area (Å²) in [5.41, 5.74) is 5.55. The number of ether oxygens (including phenoxy) is 1. The van der Waals surface area contributed by atoms with Crippen molar-refractivity contribution in [3.8, 4) is 0 Å². The Kier molecular flexibility index (Phi) is 5.00. The maximum Gasteiger partial charge on any atom is 0.214 e. The van der Waals surface area contributed by atoms with E-state index in [1.165, 1.54) is 19.3 Å². The highest BCUT2D eigenvalue weighted by molar-refractivity contribution is 7.89. The third-order valence-electron chi connectivity index (χ3n) is 3.93. The molecule has 1 aliphatic heterocycles. The second-order valence-electron chi connectivity index (χ2n) is 5.37. The molecule has 18 heavy (non-hydrogen) atoms. The van der Waals surface area contributed by atoms with Gasteiger partial charge >= 0.3 is 0 Å². The number of rotatable bonds is 4. The van der Waals surface area contributed by atoms with Crippen LogP contribution >= 0.6 is 0 Å². The first-order valence-electron chi connectivity index (χ1n) is 6.91. The summed E-state index contributed by atoms with van der Waals surface area (Å²) in [4.78, 5) is 0. The average Bonchev–Trinajstić information content (AvgIpc) is 2.39. The van der Waals surface area contributed by atoms with Crippen LogP contribution in [0.1, 0.15) is 32.1 Å². The predicted octanol–water partition coefficient (Wildman–Crippen LogP) is 0.556. The monoisotopic (exact) mass is 276 g/mol. The molecule has 0 aromatic rings. The van der Waals surface area contributed by atoms with E-state index in [2.05, 4.69) is 0 Å². The summed E-state index contributed by atoms with van der Waals surface area (Å²) in [6.07, 6.45) is 5.58. The molecule has 0 spiro atoms. The number of morpholine rings is 1. The fraction of sp³-hybridized carbons (Fsp3) is 1.00. The van der Waals surface area contributed by atoms with Crippen molar-refractivity contribution < 1.29 is 13.2 Å². The molecule has 106 valence electrons. The van der Waals surface area contributed by atoms with E-state index in [1.54, 1.807) is 4.31 Å². The molecule has 0 aromatic carbocycles. The summed E-state index contributed by atoms with van der Waals surface area (Å²) in [5, 5.41) is 0. The Labute approximate surface area is 110 Å². The van der Waals surface area contributed by atoms with Gasteiger partial charge in [0, 0.05) is 19.6 Å². The van der Waals surface area contributed by atoms with E-state index < -0.39 is 10.0 Å². The van der Waals surface area contributed by atoms with Crippen molar-refractivity contribution in [2.75, 3.05) is 32.0 Å². The van der Waals surface area contributed by atoms with Crippen molar-refractivity contribution in [1.29, 1.82) is 0 Å². The molecule has 1 unspecified atom stereocenters. The smallest absolute Gasteiger partial charge is 0.214 e. The van der Waals surface area contributed by atoms with Crippen molar-refractivity contribution in [1.82, 2.24) is 4.31 Å². The summed E-state index contributed by atoms with van der Waals surface area (Å²) < 4.78 is 31.7. The quantitative estimate of drug-likeness (QED) is 0.814. The number of hydrogen-bond donors (Lipinski definition) is 1. The highest BCUT2D eigenvalue weighted by atomic mass is 32.2. The average molecular weight is 276 g/mol. The molecule has 2 fully saturated rings. The number of nitrogens with two attached hydrogens (primary N) is 1. The minimum atomic E-state index is -3.13. The Hall–Kier alpha value is -0.170. The van der Waals surface area contributed by atoms with Crippen LogP contribution in [0, 0.1) is 5.92 Å². The standard InChI is InChI=1S/C12H24N2O3S/c13-8-12-9-14(6-7-17-12)18(15,16)10-11-4-2-1-3-5-11/h11-12H,1-10,13H2. The molecule has 2 rings (SSSR count). The lowest BCUT2D eigenvalue weighted by Crippen LogP contribution is -2.49. The Morgan fingerprint density at radius 2 is 1.94 bits per heavy atom. The summed E-state index contributed by atoms with van der Waals surface area (Å²) in [6.45, 7) is 1.75. The normalized spacial score (nSPS) is 28.4. The molecule has 1 saturated carbocycles. The van der Waals surface area contributed by atoms with Crippen LogP contribution < -0.4 is 5.73 Å². The minimum absolute atomic E-state index is 0.139. The third kappa shape index (κ3) is 3.66. The first-order valence-corrected chi connectivity index (χ1v) is 8.52. The van der Waals surface area contributed by atoms with E-state index >= 15 is 0 Å². The van der Waals surface area contributed by atoms with Gasteiger partial charge < -0.3 is 10.5 Å². The van der Waals surface area contributed by atoms with Gasteiger partial charge in [-0.25, -0.2) is 8.42 Å². The summed E-state index contributed by atoms with van der Waals surface area (Å²) in [6, 6.07) is 0. The van der Waals surface area contributed by atoms with Crippen LogP contribution in [0.2, 0.25) is 0 Å². The first-order chi connectivity index (χ1) is 8.62. The molecule has 0 amide bonds. The molecule has 1 atom stereocenters. The Bertz CT molecular complexity index is 352. The summed E-state index contributed by atoms with van der Waals surface area (Å²) in [5.74, 6) is 0.660. The van der Waals surface area contributed by atoms with Crippen molar-refractivity contribution in [2.45, 2.75) is 38.2 Å². The topological polar surface area (TPSA) is 72.6 Å². The van der Waals surface area contributed by atoms with Crippen LogP contribution in [0.15, 0.2) is 0 Å². The van der Waals surface area contributed by atoms with Crippen LogP contribution in [0.5, 0.6) is 0 Å². The van der Waals surface area contributed by atoms with Gasteiger partial charge in [0.05, 0.1) is 18.5 Å². The maximum atomic E-state index is 12.3. The van der Waals surface area contributed by atoms with E-state index in [1.807, 2.05) is 0 Å². The molecule has 5 nitrogen and oxygen atoms in total. The van der Waals surface area contributed by atoms with Gasteiger partial charge in [-0.3, -0.25) is 0 Å². The lowest BCUT2D eigenvalue weighted by Gasteiger charge is -2.33. The fourth-order valence-corrected chi connectivity index (χ4v) is 4.73. The minimum Gasteiger partial charge on any atom is -0.374 e. The second-order valence-corrected chi connectivity index (χ2v) is 7.38. The summed E-state index contributed by atoms with van der Waals surface area (Å²) in [7, 11) is -3.13. The molecule has 0 aromatic heterocycles. The number of nitrogens with zero attached hydrogens (tertiary/aromatic N) is 1. The molecule has 1 aliphatic carbocycles. The maximum absolute atomic E-state index is 12.3. The first kappa shape index (κ1) is 14.2. The van der Waals surface area contributed by atoms with Crippen LogP contribution in [-0.2, 0) is 14.8 Å². The van der Waals surface area contributed by atoms with Gasteiger partial charge in [0.25, 0.3) is 0 Å². The van der Waals surface area contributed by atoms with Crippen molar-refractivity contribution >= 4 is 10.0 Å². The summed E-state index contributed by atoms with van der Waals surface area (Å²) >= 11 is 0. The molecule has 0 radical (unpaired) electrons. The molecule has 2 aliphatic rings. The van der Waals surface area contributed by atoms with Crippen LogP contribution in [0.25, 0.3) is 0 Å². The van der Waals surface area contributed by atoms with Gasteiger partial charge in [0.15, 0.2) is 0 Å². The molecule has 1 saturated heterocycles. The van der Waals surface area contributed by atoms with Crippen LogP contribution in [-0.4, -0.2) is 50.8 Å². The molecule has 2 N–H and O–H groups in total. The van der Waals surface area contributed by atoms with Crippen molar-refractivity contribution in [3.05, 3.63) is 0 Å². The van der Waals surface area contributed by atoms with E-state index in [0.717, 1.165) is 12.8 Å². The van der Waals surface area contributed by atoms with E-state index in [4.69, 9.17) is 10.5 Å². The molecular weight excluding hydrogens is 252 g/mol. The Balaban J connectivity index is 1.92. The van der Waals surface area contributed by atoms with Crippen molar-refractivity contribution in [2.24, 2.45) is 11.7 Å². The zero-order chi connectivity index (χ0) is 13.0. The fourth-order valence-electron chi connectivity index (χ4n) is 2.84. The van der Waals surface area contributed by atoms with Gasteiger partial charge in [-0.2, -0.15) is 4.31 Å². The largest absolute Gasteiger partial charge is 0.374 e. The predicted molar refractivity (Wildman–Crippen MR) is 70.7 cm³/mol. The SMILES string of the molecule is NCC1CN(S(=O)(=O)CC2CCCCC2)CCO1. The molecule has 1 heterocycles. The zero-order valence-electron chi connectivity index (χ0n) is 10.9. The highest BCUT2D eigenvalue weighted by Gasteiger charge is 2.31. The lowest BCUT2D eigenvalue weighted by atomic mass is 9.91. The van der Waals surface area contributed by atoms with E-state index in [0.29, 0.717) is 37.9 Å². The molecule has 0 bridgehead atoms. The van der Waals surface area contributed by atoms with E-state index in [-0.39, 0.29) is 6.10 Å². The van der Waals surface area contributed by atoms with Gasteiger partial charge in [0.1, 0.15) is 0 Å². The lowest BCUT2D eigenvalue weighted by molar-refractivity contribution is 0.00437.